The van der Waals surface area contributed by atoms with Crippen LogP contribution in [-0.4, -0.2) is 16.3 Å². The van der Waals surface area contributed by atoms with Crippen LogP contribution in [0.4, 0.5) is 4.39 Å². The van der Waals surface area contributed by atoms with Crippen LogP contribution in [0.1, 0.15) is 31.8 Å². The summed E-state index contributed by atoms with van der Waals surface area (Å²) in [7, 11) is 0. The van der Waals surface area contributed by atoms with Gasteiger partial charge in [-0.05, 0) is 13.8 Å². The Labute approximate surface area is 81.7 Å². The second kappa shape index (κ2) is 4.07. The van der Waals surface area contributed by atoms with Gasteiger partial charge < -0.3 is 5.73 Å². The fourth-order valence-electron chi connectivity index (χ4n) is 1.17. The van der Waals surface area contributed by atoms with Crippen LogP contribution in [0.3, 0.4) is 0 Å². The highest BCUT2D eigenvalue weighted by molar-refractivity contribution is 6.31. The van der Waals surface area contributed by atoms with Crippen molar-refractivity contribution in [3.05, 3.63) is 16.9 Å². The predicted octanol–water partition coefficient (Wildman–Crippen LogP) is 2.09. The summed E-state index contributed by atoms with van der Waals surface area (Å²) in [5, 5.41) is 4.31. The van der Waals surface area contributed by atoms with Crippen LogP contribution in [0.5, 0.6) is 0 Å². The summed E-state index contributed by atoms with van der Waals surface area (Å²) in [6.45, 7) is 3.75. The molecular weight excluding hydrogens is 193 g/mol. The molecule has 0 aromatic carbocycles. The lowest BCUT2D eigenvalue weighted by Crippen LogP contribution is -2.15. The molecule has 1 atom stereocenters. The number of nitrogens with two attached hydrogens (primary N) is 1. The third-order valence-corrected chi connectivity index (χ3v) is 2.07. The quantitative estimate of drug-likeness (QED) is 0.821. The maximum Gasteiger partial charge on any atom is 0.155 e. The Morgan fingerprint density at radius 3 is 2.77 bits per heavy atom. The molecule has 3 nitrogen and oxygen atoms in total. The van der Waals surface area contributed by atoms with Gasteiger partial charge in [0, 0.05) is 12.6 Å². The Bertz CT molecular complexity index is 285. The molecule has 0 fully saturated rings. The first-order valence-electron chi connectivity index (χ1n) is 4.15. The van der Waals surface area contributed by atoms with E-state index in [-0.39, 0.29) is 12.6 Å². The van der Waals surface area contributed by atoms with Crippen molar-refractivity contribution in [3.8, 4) is 0 Å². The van der Waals surface area contributed by atoms with Crippen LogP contribution in [0.25, 0.3) is 0 Å². The normalized spacial score (nSPS) is 13.7. The topological polar surface area (TPSA) is 43.8 Å². The van der Waals surface area contributed by atoms with Crippen LogP contribution >= 0.6 is 11.6 Å². The van der Waals surface area contributed by atoms with Gasteiger partial charge in [-0.15, -0.1) is 0 Å². The maximum absolute atomic E-state index is 13.3. The zero-order chi connectivity index (χ0) is 10.0. The van der Waals surface area contributed by atoms with E-state index in [0.29, 0.717) is 10.7 Å². The standard InChI is InChI=1S/C8H13ClFN3/c1-5(2)13-8(7(10)3-11)6(9)4-12-13/h4-5,7H,3,11H2,1-2H3. The van der Waals surface area contributed by atoms with E-state index < -0.39 is 6.17 Å². The van der Waals surface area contributed by atoms with Crippen molar-refractivity contribution in [3.63, 3.8) is 0 Å². The lowest BCUT2D eigenvalue weighted by atomic mass is 10.2. The van der Waals surface area contributed by atoms with Crippen LogP contribution in [0.15, 0.2) is 6.20 Å². The molecule has 0 aliphatic carbocycles. The number of alkyl halides is 1. The molecule has 1 unspecified atom stereocenters. The molecule has 0 saturated heterocycles. The highest BCUT2D eigenvalue weighted by Gasteiger charge is 2.19. The van der Waals surface area contributed by atoms with Gasteiger partial charge in [0.1, 0.15) is 0 Å². The summed E-state index contributed by atoms with van der Waals surface area (Å²) in [5.74, 6) is 0. The average molecular weight is 206 g/mol. The van der Waals surface area contributed by atoms with E-state index in [1.165, 1.54) is 6.20 Å². The molecule has 5 heteroatoms. The highest BCUT2D eigenvalue weighted by atomic mass is 35.5. The Morgan fingerprint density at radius 2 is 2.31 bits per heavy atom. The summed E-state index contributed by atoms with van der Waals surface area (Å²) in [6, 6.07) is 0.0901. The second-order valence-corrected chi connectivity index (χ2v) is 3.53. The summed E-state index contributed by atoms with van der Waals surface area (Å²) in [4.78, 5) is 0. The molecule has 0 radical (unpaired) electrons. The number of rotatable bonds is 3. The van der Waals surface area contributed by atoms with Crippen LogP contribution < -0.4 is 5.73 Å². The van der Waals surface area contributed by atoms with Gasteiger partial charge >= 0.3 is 0 Å². The largest absolute Gasteiger partial charge is 0.327 e. The molecule has 0 spiro atoms. The molecule has 0 amide bonds. The van der Waals surface area contributed by atoms with Crippen molar-refractivity contribution in [1.82, 2.24) is 9.78 Å². The lowest BCUT2D eigenvalue weighted by molar-refractivity contribution is 0.320. The number of hydrogen-bond donors (Lipinski definition) is 1. The first-order chi connectivity index (χ1) is 6.07. The van der Waals surface area contributed by atoms with E-state index in [9.17, 15) is 4.39 Å². The second-order valence-electron chi connectivity index (χ2n) is 3.12. The molecule has 0 bridgehead atoms. The Kier molecular flexibility index (Phi) is 3.27. The smallest absolute Gasteiger partial charge is 0.155 e. The van der Waals surface area contributed by atoms with E-state index in [2.05, 4.69) is 5.10 Å². The van der Waals surface area contributed by atoms with Crippen LogP contribution in [0, 0.1) is 0 Å². The molecule has 2 N–H and O–H groups in total. The van der Waals surface area contributed by atoms with Crippen molar-refractivity contribution >= 4 is 11.6 Å². The molecule has 74 valence electrons. The number of hydrogen-bond acceptors (Lipinski definition) is 2. The van der Waals surface area contributed by atoms with E-state index in [4.69, 9.17) is 17.3 Å². The zero-order valence-corrected chi connectivity index (χ0v) is 8.42. The molecule has 13 heavy (non-hydrogen) atoms. The van der Waals surface area contributed by atoms with Gasteiger partial charge in [-0.1, -0.05) is 11.6 Å². The molecule has 1 heterocycles. The van der Waals surface area contributed by atoms with Gasteiger partial charge in [0.2, 0.25) is 0 Å². The van der Waals surface area contributed by atoms with E-state index >= 15 is 0 Å². The van der Waals surface area contributed by atoms with Crippen molar-refractivity contribution in [2.75, 3.05) is 6.54 Å². The third-order valence-electron chi connectivity index (χ3n) is 1.78. The summed E-state index contributed by atoms with van der Waals surface area (Å²) >= 11 is 5.78. The minimum Gasteiger partial charge on any atom is -0.327 e. The molecule has 1 aromatic rings. The van der Waals surface area contributed by atoms with Crippen molar-refractivity contribution < 1.29 is 4.39 Å². The van der Waals surface area contributed by atoms with Gasteiger partial charge in [-0.3, -0.25) is 4.68 Å². The van der Waals surface area contributed by atoms with E-state index in [1.807, 2.05) is 13.8 Å². The number of nitrogens with zero attached hydrogens (tertiary/aromatic N) is 2. The molecule has 0 aliphatic rings. The molecule has 0 aliphatic heterocycles. The summed E-state index contributed by atoms with van der Waals surface area (Å²) in [5.41, 5.74) is 5.60. The van der Waals surface area contributed by atoms with Crippen LogP contribution in [0.2, 0.25) is 5.02 Å². The van der Waals surface area contributed by atoms with Gasteiger partial charge in [-0.25, -0.2) is 4.39 Å². The van der Waals surface area contributed by atoms with Crippen molar-refractivity contribution in [2.45, 2.75) is 26.1 Å². The number of aromatic nitrogens is 2. The SMILES string of the molecule is CC(C)n1ncc(Cl)c1C(F)CN. The first kappa shape index (κ1) is 10.5. The fraction of sp³-hybridized carbons (Fsp3) is 0.625. The lowest BCUT2D eigenvalue weighted by Gasteiger charge is -2.13. The molecule has 1 rings (SSSR count). The van der Waals surface area contributed by atoms with Gasteiger partial charge in [0.15, 0.2) is 6.17 Å². The van der Waals surface area contributed by atoms with Gasteiger partial charge in [-0.2, -0.15) is 5.10 Å². The van der Waals surface area contributed by atoms with Gasteiger partial charge in [0.05, 0.1) is 16.9 Å². The maximum atomic E-state index is 13.3. The number of halogens is 2. The first-order valence-corrected chi connectivity index (χ1v) is 4.52. The monoisotopic (exact) mass is 205 g/mol. The Hall–Kier alpha value is -0.610. The van der Waals surface area contributed by atoms with E-state index in [0.717, 1.165) is 0 Å². The summed E-state index contributed by atoms with van der Waals surface area (Å²) in [6.07, 6.45) is 0.205. The third kappa shape index (κ3) is 2.00. The van der Waals surface area contributed by atoms with Crippen molar-refractivity contribution in [2.24, 2.45) is 5.73 Å². The molecular formula is C8H13ClFN3. The van der Waals surface area contributed by atoms with E-state index in [1.54, 1.807) is 4.68 Å². The highest BCUT2D eigenvalue weighted by Crippen LogP contribution is 2.26. The fourth-order valence-corrected chi connectivity index (χ4v) is 1.42. The van der Waals surface area contributed by atoms with Crippen molar-refractivity contribution in [1.29, 1.82) is 0 Å². The van der Waals surface area contributed by atoms with Crippen LogP contribution in [-0.2, 0) is 0 Å². The Balaban J connectivity index is 3.08. The molecule has 0 saturated carbocycles. The minimum absolute atomic E-state index is 0.0713. The Morgan fingerprint density at radius 1 is 1.69 bits per heavy atom. The average Bonchev–Trinajstić information content (AvgIpc) is 2.46. The molecule has 1 aromatic heterocycles. The van der Waals surface area contributed by atoms with Gasteiger partial charge in [0.25, 0.3) is 0 Å². The minimum atomic E-state index is -1.24. The zero-order valence-electron chi connectivity index (χ0n) is 7.67. The predicted molar refractivity (Wildman–Crippen MR) is 50.5 cm³/mol. The summed E-state index contributed by atoms with van der Waals surface area (Å²) < 4.78 is 14.9.